The van der Waals surface area contributed by atoms with Crippen molar-refractivity contribution >= 4 is 21.6 Å². The van der Waals surface area contributed by atoms with Gasteiger partial charge in [-0.1, -0.05) is 28.1 Å². The summed E-state index contributed by atoms with van der Waals surface area (Å²) in [5.41, 5.74) is 8.91. The van der Waals surface area contributed by atoms with Crippen molar-refractivity contribution in [2.24, 2.45) is 5.73 Å². The highest BCUT2D eigenvalue weighted by atomic mass is 79.9. The van der Waals surface area contributed by atoms with E-state index in [0.717, 1.165) is 22.3 Å². The Morgan fingerprint density at radius 3 is 2.45 bits per heavy atom. The summed E-state index contributed by atoms with van der Waals surface area (Å²) in [6.07, 6.45) is 0. The van der Waals surface area contributed by atoms with E-state index in [1.165, 1.54) is 17.7 Å². The van der Waals surface area contributed by atoms with Crippen LogP contribution in [0.4, 0.5) is 10.1 Å². The van der Waals surface area contributed by atoms with Crippen molar-refractivity contribution in [3.05, 3.63) is 63.9 Å². The summed E-state index contributed by atoms with van der Waals surface area (Å²) < 4.78 is 14.4. The molecular formula is C16H18BrFN2. The third kappa shape index (κ3) is 3.58. The number of hydrogen-bond donors (Lipinski definition) is 1. The molecular weight excluding hydrogens is 319 g/mol. The van der Waals surface area contributed by atoms with Gasteiger partial charge >= 0.3 is 0 Å². The third-order valence-electron chi connectivity index (χ3n) is 3.22. The van der Waals surface area contributed by atoms with Crippen molar-refractivity contribution in [3.8, 4) is 0 Å². The van der Waals surface area contributed by atoms with E-state index in [4.69, 9.17) is 5.73 Å². The van der Waals surface area contributed by atoms with Crippen LogP contribution in [0.5, 0.6) is 0 Å². The van der Waals surface area contributed by atoms with Crippen LogP contribution in [0.3, 0.4) is 0 Å². The number of rotatable bonds is 4. The molecule has 0 unspecified atom stereocenters. The van der Waals surface area contributed by atoms with Gasteiger partial charge in [0.2, 0.25) is 0 Å². The number of hydrogen-bond acceptors (Lipinski definition) is 2. The molecule has 0 aromatic heterocycles. The van der Waals surface area contributed by atoms with Gasteiger partial charge in [0.15, 0.2) is 0 Å². The lowest BCUT2D eigenvalue weighted by molar-refractivity contribution is 0.622. The predicted molar refractivity (Wildman–Crippen MR) is 85.3 cm³/mol. The lowest BCUT2D eigenvalue weighted by atomic mass is 10.1. The van der Waals surface area contributed by atoms with Gasteiger partial charge in [0.25, 0.3) is 0 Å². The Morgan fingerprint density at radius 1 is 1.20 bits per heavy atom. The molecule has 0 amide bonds. The molecule has 2 rings (SSSR count). The summed E-state index contributed by atoms with van der Waals surface area (Å²) in [5, 5.41) is 0. The van der Waals surface area contributed by atoms with E-state index in [2.05, 4.69) is 33.0 Å². The summed E-state index contributed by atoms with van der Waals surface area (Å²) in [6.45, 7) is 2.62. The first-order valence-electron chi connectivity index (χ1n) is 6.48. The first-order chi connectivity index (χ1) is 9.47. The molecule has 2 nitrogen and oxygen atoms in total. The van der Waals surface area contributed by atoms with Gasteiger partial charge in [0.05, 0.1) is 0 Å². The Labute approximate surface area is 127 Å². The molecule has 0 radical (unpaired) electrons. The van der Waals surface area contributed by atoms with Crippen molar-refractivity contribution in [1.29, 1.82) is 0 Å². The molecule has 106 valence electrons. The molecule has 0 fully saturated rings. The maximum absolute atomic E-state index is 13.4. The lowest BCUT2D eigenvalue weighted by Crippen LogP contribution is -2.20. The Morgan fingerprint density at radius 2 is 1.85 bits per heavy atom. The molecule has 0 aliphatic carbocycles. The van der Waals surface area contributed by atoms with Crippen LogP contribution in [-0.4, -0.2) is 7.05 Å². The van der Waals surface area contributed by atoms with Crippen LogP contribution in [0.2, 0.25) is 0 Å². The van der Waals surface area contributed by atoms with Gasteiger partial charge in [-0.15, -0.1) is 0 Å². The van der Waals surface area contributed by atoms with Crippen LogP contribution in [0.25, 0.3) is 0 Å². The largest absolute Gasteiger partial charge is 0.370 e. The van der Waals surface area contributed by atoms with Crippen molar-refractivity contribution in [3.63, 3.8) is 0 Å². The molecule has 0 heterocycles. The zero-order valence-corrected chi connectivity index (χ0v) is 13.2. The van der Waals surface area contributed by atoms with Crippen LogP contribution in [0, 0.1) is 5.82 Å². The van der Waals surface area contributed by atoms with Crippen molar-refractivity contribution < 1.29 is 4.39 Å². The zero-order valence-electron chi connectivity index (χ0n) is 11.6. The van der Waals surface area contributed by atoms with E-state index in [1.54, 1.807) is 6.07 Å². The summed E-state index contributed by atoms with van der Waals surface area (Å²) >= 11 is 3.42. The van der Waals surface area contributed by atoms with E-state index in [9.17, 15) is 4.39 Å². The van der Waals surface area contributed by atoms with Crippen LogP contribution >= 0.6 is 15.9 Å². The number of benzene rings is 2. The van der Waals surface area contributed by atoms with Crippen molar-refractivity contribution in [2.45, 2.75) is 19.5 Å². The highest BCUT2D eigenvalue weighted by Gasteiger charge is 2.12. The second kappa shape index (κ2) is 6.37. The van der Waals surface area contributed by atoms with E-state index in [-0.39, 0.29) is 11.9 Å². The second-order valence-electron chi connectivity index (χ2n) is 4.97. The molecule has 0 aliphatic rings. The highest BCUT2D eigenvalue weighted by molar-refractivity contribution is 9.10. The smallest absolute Gasteiger partial charge is 0.123 e. The van der Waals surface area contributed by atoms with Gasteiger partial charge in [-0.3, -0.25) is 0 Å². The standard InChI is InChI=1S/C16H18BrFN2/c1-11(19)15-9-14(18)7-8-16(15)20(2)10-12-3-5-13(17)6-4-12/h3-9,11H,10,19H2,1-2H3/t11-/m1/s1. The van der Waals surface area contributed by atoms with Crippen LogP contribution in [0.15, 0.2) is 46.9 Å². The van der Waals surface area contributed by atoms with Crippen LogP contribution in [0.1, 0.15) is 24.1 Å². The van der Waals surface area contributed by atoms with Crippen LogP contribution in [-0.2, 0) is 6.54 Å². The number of nitrogens with zero attached hydrogens (tertiary/aromatic N) is 1. The quantitative estimate of drug-likeness (QED) is 0.904. The van der Waals surface area contributed by atoms with Crippen LogP contribution < -0.4 is 10.6 Å². The van der Waals surface area contributed by atoms with Gasteiger partial charge < -0.3 is 10.6 Å². The van der Waals surface area contributed by atoms with Crippen molar-refractivity contribution in [2.75, 3.05) is 11.9 Å². The minimum absolute atomic E-state index is 0.201. The van der Waals surface area contributed by atoms with E-state index >= 15 is 0 Å². The van der Waals surface area contributed by atoms with E-state index in [1.807, 2.05) is 26.1 Å². The Kier molecular flexibility index (Phi) is 4.78. The lowest BCUT2D eigenvalue weighted by Gasteiger charge is -2.24. The Hall–Kier alpha value is -1.39. The fourth-order valence-electron chi connectivity index (χ4n) is 2.19. The van der Waals surface area contributed by atoms with E-state index < -0.39 is 0 Å². The molecule has 0 aliphatic heterocycles. The maximum Gasteiger partial charge on any atom is 0.123 e. The topological polar surface area (TPSA) is 29.3 Å². The fourth-order valence-corrected chi connectivity index (χ4v) is 2.45. The minimum atomic E-state index is -0.252. The SMILES string of the molecule is C[C@@H](N)c1cc(F)ccc1N(C)Cc1ccc(Br)cc1. The van der Waals surface area contributed by atoms with Crippen molar-refractivity contribution in [1.82, 2.24) is 0 Å². The monoisotopic (exact) mass is 336 g/mol. The number of halogens is 2. The first-order valence-corrected chi connectivity index (χ1v) is 7.27. The molecule has 0 saturated heterocycles. The maximum atomic E-state index is 13.4. The number of nitrogens with two attached hydrogens (primary N) is 1. The minimum Gasteiger partial charge on any atom is -0.370 e. The summed E-state index contributed by atoms with van der Waals surface area (Å²) in [5.74, 6) is -0.252. The van der Waals surface area contributed by atoms with E-state index in [0.29, 0.717) is 0 Å². The second-order valence-corrected chi connectivity index (χ2v) is 5.89. The molecule has 0 spiro atoms. The highest BCUT2D eigenvalue weighted by Crippen LogP contribution is 2.26. The first kappa shape index (κ1) is 15.0. The molecule has 0 saturated carbocycles. The molecule has 2 aromatic carbocycles. The molecule has 1 atom stereocenters. The predicted octanol–water partition coefficient (Wildman–Crippen LogP) is 4.24. The number of anilines is 1. The summed E-state index contributed by atoms with van der Waals surface area (Å²) in [6, 6.07) is 12.7. The molecule has 20 heavy (non-hydrogen) atoms. The third-order valence-corrected chi connectivity index (χ3v) is 3.75. The average Bonchev–Trinajstić information content (AvgIpc) is 2.41. The van der Waals surface area contributed by atoms with Gasteiger partial charge in [-0.05, 0) is 48.4 Å². The van der Waals surface area contributed by atoms with Gasteiger partial charge in [0.1, 0.15) is 5.82 Å². The normalized spacial score (nSPS) is 12.2. The molecule has 2 aromatic rings. The molecule has 2 N–H and O–H groups in total. The van der Waals surface area contributed by atoms with Gasteiger partial charge in [-0.25, -0.2) is 4.39 Å². The summed E-state index contributed by atoms with van der Waals surface area (Å²) in [7, 11) is 1.99. The Balaban J connectivity index is 2.24. The fraction of sp³-hybridized carbons (Fsp3) is 0.250. The zero-order chi connectivity index (χ0) is 14.7. The van der Waals surface area contributed by atoms with Gasteiger partial charge in [-0.2, -0.15) is 0 Å². The van der Waals surface area contributed by atoms with Gasteiger partial charge in [0, 0.05) is 29.8 Å². The Bertz CT molecular complexity index is 582. The summed E-state index contributed by atoms with van der Waals surface area (Å²) in [4.78, 5) is 2.08. The molecule has 0 bridgehead atoms. The molecule has 4 heteroatoms. The average molecular weight is 337 g/mol.